The van der Waals surface area contributed by atoms with Gasteiger partial charge >= 0.3 is 12.2 Å². The summed E-state index contributed by atoms with van der Waals surface area (Å²) < 4.78 is 28.5. The van der Waals surface area contributed by atoms with Crippen molar-refractivity contribution in [3.63, 3.8) is 0 Å². The Morgan fingerprint density at radius 2 is 1.05 bits per heavy atom. The monoisotopic (exact) mass is 920 g/mol. The van der Waals surface area contributed by atoms with Gasteiger partial charge in [0.2, 0.25) is 0 Å². The number of carbonyl (C=O) groups is 2. The normalized spacial score (nSPS) is 19.8. The average molecular weight is 921 g/mol. The highest BCUT2D eigenvalue weighted by Gasteiger charge is 2.41. The molecule has 0 aliphatic carbocycles. The molecule has 62 heavy (non-hydrogen) atoms. The van der Waals surface area contributed by atoms with Crippen molar-refractivity contribution in [1.82, 2.24) is 28.9 Å². The lowest BCUT2D eigenvalue weighted by Gasteiger charge is -2.28. The lowest BCUT2D eigenvalue weighted by atomic mass is 10.1. The fourth-order valence-corrected chi connectivity index (χ4v) is 11.0. The van der Waals surface area contributed by atoms with E-state index in [0.29, 0.717) is 51.6 Å². The average Bonchev–Trinajstić information content (AvgIpc) is 3.96. The van der Waals surface area contributed by atoms with Crippen molar-refractivity contribution in [1.29, 1.82) is 0 Å². The molecule has 6 rings (SSSR count). The third kappa shape index (κ3) is 12.5. The van der Waals surface area contributed by atoms with Crippen molar-refractivity contribution in [2.45, 2.75) is 156 Å². The van der Waals surface area contributed by atoms with Crippen LogP contribution in [0.25, 0.3) is 20.7 Å². The Kier molecular flexibility index (Phi) is 14.5. The molecule has 2 saturated heterocycles. The minimum absolute atomic E-state index is 0.216. The topological polar surface area (TPSA) is 113 Å². The van der Waals surface area contributed by atoms with Gasteiger partial charge in [0.15, 0.2) is 0 Å². The van der Waals surface area contributed by atoms with Crippen LogP contribution in [0.3, 0.4) is 0 Å². The van der Waals surface area contributed by atoms with Crippen molar-refractivity contribution in [3.8, 4) is 23.7 Å². The van der Waals surface area contributed by atoms with Gasteiger partial charge in [0.05, 0.1) is 32.9 Å². The summed E-state index contributed by atoms with van der Waals surface area (Å²) >= 11 is 3.04. The van der Waals surface area contributed by atoms with Gasteiger partial charge in [-0.1, -0.05) is 53.1 Å². The second-order valence-electron chi connectivity index (χ2n) is 21.6. The molecule has 2 aliphatic rings. The molecule has 0 N–H and O–H groups in total. The number of likely N-dealkylation sites (tertiary alicyclic amines) is 2. The molecule has 0 radical (unpaired) electrons. The Balaban J connectivity index is 1.26. The van der Waals surface area contributed by atoms with Gasteiger partial charge in [-0.15, -0.1) is 22.7 Å². The molecule has 2 aliphatic heterocycles. The van der Waals surface area contributed by atoms with E-state index >= 15 is 0 Å². The lowest BCUT2D eigenvalue weighted by Crippen LogP contribution is -2.37. The largest absolute Gasteiger partial charge is 0.444 e. The maximum Gasteiger partial charge on any atom is 0.410 e. The highest BCUT2D eigenvalue weighted by molar-refractivity contribution is 7.19. The maximum atomic E-state index is 13.4. The van der Waals surface area contributed by atoms with E-state index in [2.05, 4.69) is 98.1 Å². The Morgan fingerprint density at radius 1 is 0.677 bits per heavy atom. The van der Waals surface area contributed by atoms with Crippen LogP contribution in [0.15, 0.2) is 12.1 Å². The first-order chi connectivity index (χ1) is 28.8. The standard InChI is InChI=1S/C46H68N6O6S2Si2/c1-31-23-35(49(27-31)43(53)57-45(3,4)5)39-47-41-37(51(39)29-55-19-21-61(9,10)11)25-33(59-41)17-15-16-18-34-26-38-42(60-34)48-40(52(38)30-56-20-22-62(12,13)14)36-24-32(2)28-50(36)44(54)58-46(6,7)8/h25-26,31-32,35-36H,19-24,27-30H2,1-14H3/t31-,32-,35-,36-/m0/s1. The Bertz CT molecular complexity index is 2200. The first-order valence-corrected chi connectivity index (χ1v) is 31.1. The third-order valence-corrected chi connectivity index (χ3v) is 16.0. The second-order valence-corrected chi connectivity index (χ2v) is 34.9. The number of aromatic nitrogens is 4. The smallest absolute Gasteiger partial charge is 0.410 e. The predicted octanol–water partition coefficient (Wildman–Crippen LogP) is 11.2. The van der Waals surface area contributed by atoms with Crippen molar-refractivity contribution < 1.29 is 28.5 Å². The Morgan fingerprint density at radius 3 is 1.39 bits per heavy atom. The number of carbonyl (C=O) groups excluding carboxylic acids is 2. The van der Waals surface area contributed by atoms with Crippen LogP contribution < -0.4 is 0 Å². The van der Waals surface area contributed by atoms with Gasteiger partial charge in [-0.2, -0.15) is 0 Å². The highest BCUT2D eigenvalue weighted by Crippen LogP contribution is 2.40. The van der Waals surface area contributed by atoms with Crippen LogP contribution in [0.5, 0.6) is 0 Å². The van der Waals surface area contributed by atoms with E-state index in [0.717, 1.165) is 67.0 Å². The molecular weight excluding hydrogens is 853 g/mol. The minimum Gasteiger partial charge on any atom is -0.444 e. The molecule has 12 nitrogen and oxygen atoms in total. The zero-order valence-electron chi connectivity index (χ0n) is 39.5. The van der Waals surface area contributed by atoms with E-state index in [9.17, 15) is 9.59 Å². The molecule has 338 valence electrons. The van der Waals surface area contributed by atoms with Gasteiger partial charge < -0.3 is 28.1 Å². The van der Waals surface area contributed by atoms with Gasteiger partial charge in [0, 0.05) is 42.5 Å². The van der Waals surface area contributed by atoms with Crippen LogP contribution in [0.1, 0.15) is 102 Å². The van der Waals surface area contributed by atoms with Gasteiger partial charge in [0.25, 0.3) is 0 Å². The number of hydrogen-bond donors (Lipinski definition) is 0. The summed E-state index contributed by atoms with van der Waals surface area (Å²) in [7, 11) is -2.58. The summed E-state index contributed by atoms with van der Waals surface area (Å²) in [5, 5.41) is 0. The van der Waals surface area contributed by atoms with Crippen molar-refractivity contribution in [2.24, 2.45) is 11.8 Å². The molecule has 4 aromatic rings. The molecule has 4 aromatic heterocycles. The quantitative estimate of drug-likeness (QED) is 0.0784. The van der Waals surface area contributed by atoms with E-state index in [1.807, 2.05) is 51.3 Å². The maximum absolute atomic E-state index is 13.4. The Labute approximate surface area is 379 Å². The fraction of sp³-hybridized carbons (Fsp3) is 0.652. The SMILES string of the molecule is C[C@H]1C[C@@H](c2nc3sc(C#CC#Cc4cc5c(nc([C@@H]6C[C@H](C)CN6C(=O)OC(C)(C)C)n5COCC[Si](C)(C)C)s4)cc3n2COCC[Si](C)(C)C)N(C(=O)OC(C)(C)C)C1. The molecule has 0 bridgehead atoms. The van der Waals surface area contributed by atoms with Gasteiger partial charge in [-0.3, -0.25) is 9.80 Å². The Hall–Kier alpha value is -3.65. The number of rotatable bonds is 12. The first kappa shape index (κ1) is 47.8. The number of amides is 2. The van der Waals surface area contributed by atoms with Crippen LogP contribution in [0.2, 0.25) is 51.4 Å². The van der Waals surface area contributed by atoms with Gasteiger partial charge in [-0.25, -0.2) is 19.6 Å². The number of thiophene rings is 2. The van der Waals surface area contributed by atoms with Crippen molar-refractivity contribution in [2.75, 3.05) is 26.3 Å². The molecule has 4 atom stereocenters. The number of ether oxygens (including phenoxy) is 4. The molecule has 0 unspecified atom stereocenters. The molecule has 0 spiro atoms. The number of imidazole rings is 2. The first-order valence-electron chi connectivity index (χ1n) is 22.0. The van der Waals surface area contributed by atoms with E-state index in [4.69, 9.17) is 28.9 Å². The summed E-state index contributed by atoms with van der Waals surface area (Å²) in [5.74, 6) is 14.9. The molecular formula is C46H68N6O6S2Si2. The summed E-state index contributed by atoms with van der Waals surface area (Å²) in [6.07, 6.45) is 0.967. The molecule has 0 saturated carbocycles. The van der Waals surface area contributed by atoms with Crippen molar-refractivity contribution in [3.05, 3.63) is 33.5 Å². The van der Waals surface area contributed by atoms with Crippen LogP contribution in [0, 0.1) is 35.5 Å². The fourth-order valence-electron chi connectivity index (χ4n) is 7.65. The lowest BCUT2D eigenvalue weighted by molar-refractivity contribution is 0.0192. The molecule has 6 heterocycles. The van der Waals surface area contributed by atoms with Crippen LogP contribution in [-0.4, -0.2) is 94.7 Å². The number of hydrogen-bond acceptors (Lipinski definition) is 10. The molecule has 16 heteroatoms. The van der Waals surface area contributed by atoms with E-state index in [-0.39, 0.29) is 24.3 Å². The zero-order valence-corrected chi connectivity index (χ0v) is 43.1. The summed E-state index contributed by atoms with van der Waals surface area (Å²) in [5.41, 5.74) is 0.695. The van der Waals surface area contributed by atoms with Crippen LogP contribution >= 0.6 is 22.7 Å². The minimum atomic E-state index is -1.29. The van der Waals surface area contributed by atoms with E-state index in [1.165, 1.54) is 22.7 Å². The highest BCUT2D eigenvalue weighted by atomic mass is 32.1. The molecule has 2 amide bonds. The van der Waals surface area contributed by atoms with Crippen LogP contribution in [0.4, 0.5) is 9.59 Å². The van der Waals surface area contributed by atoms with E-state index in [1.54, 1.807) is 0 Å². The van der Waals surface area contributed by atoms with Crippen molar-refractivity contribution >= 4 is 71.7 Å². The second kappa shape index (κ2) is 18.8. The van der Waals surface area contributed by atoms with Gasteiger partial charge in [-0.05, 0) is 114 Å². The van der Waals surface area contributed by atoms with Crippen LogP contribution in [-0.2, 0) is 32.4 Å². The molecule has 2 fully saturated rings. The predicted molar refractivity (Wildman–Crippen MR) is 256 cm³/mol. The zero-order chi connectivity index (χ0) is 45.4. The summed E-state index contributed by atoms with van der Waals surface area (Å²) in [6, 6.07) is 5.80. The molecule has 0 aromatic carbocycles. The summed E-state index contributed by atoms with van der Waals surface area (Å²) in [4.78, 5) is 44.1. The van der Waals surface area contributed by atoms with E-state index < -0.39 is 27.3 Å². The number of nitrogens with zero attached hydrogens (tertiary/aromatic N) is 6. The third-order valence-electron chi connectivity index (χ3n) is 10.7. The number of fused-ring (bicyclic) bond motifs is 2. The van der Waals surface area contributed by atoms with Gasteiger partial charge in [0.1, 0.15) is 46.0 Å². The summed E-state index contributed by atoms with van der Waals surface area (Å²) in [6.45, 7) is 33.0.